The van der Waals surface area contributed by atoms with Gasteiger partial charge in [0.05, 0.1) is 11.4 Å². The quantitative estimate of drug-likeness (QED) is 0.298. The Morgan fingerprint density at radius 1 is 1.03 bits per heavy atom. The molecule has 0 aliphatic carbocycles. The number of carbonyl (C=O) groups excluding carboxylic acids is 1. The second-order valence-corrected chi connectivity index (χ2v) is 9.30. The molecule has 9 heteroatoms. The van der Waals surface area contributed by atoms with Crippen molar-refractivity contribution in [2.24, 2.45) is 0 Å². The van der Waals surface area contributed by atoms with Crippen LogP contribution in [0.2, 0.25) is 0 Å². The smallest absolute Gasteiger partial charge is 0.234 e. The SMILES string of the molecule is Cc1cc(Br)c(NC(=O)CSc2nnc(-c3ccncc3)n2-c2ccccc2)c(Br)c1. The number of carbonyl (C=O) groups is 1. The normalized spacial score (nSPS) is 10.8. The van der Waals surface area contributed by atoms with Gasteiger partial charge in [-0.25, -0.2) is 0 Å². The average Bonchev–Trinajstić information content (AvgIpc) is 3.20. The number of halogens is 2. The van der Waals surface area contributed by atoms with Gasteiger partial charge in [-0.2, -0.15) is 0 Å². The van der Waals surface area contributed by atoms with Crippen molar-refractivity contribution in [3.63, 3.8) is 0 Å². The highest BCUT2D eigenvalue weighted by atomic mass is 79.9. The number of rotatable bonds is 6. The predicted octanol–water partition coefficient (Wildman–Crippen LogP) is 5.89. The first-order chi connectivity index (χ1) is 15.0. The Morgan fingerprint density at radius 3 is 2.39 bits per heavy atom. The van der Waals surface area contributed by atoms with Gasteiger partial charge in [-0.15, -0.1) is 10.2 Å². The standard InChI is InChI=1S/C22H17Br2N5OS/c1-14-11-17(23)20(18(24)12-14)26-19(30)13-31-22-28-27-21(15-7-9-25-10-8-15)29(22)16-5-3-2-4-6-16/h2-12H,13H2,1H3,(H,26,30). The monoisotopic (exact) mass is 557 g/mol. The van der Waals surface area contributed by atoms with E-state index in [9.17, 15) is 4.79 Å². The summed E-state index contributed by atoms with van der Waals surface area (Å²) in [6.07, 6.45) is 3.44. The van der Waals surface area contributed by atoms with E-state index in [1.54, 1.807) is 12.4 Å². The number of aryl methyl sites for hydroxylation is 1. The number of hydrogen-bond donors (Lipinski definition) is 1. The molecule has 0 saturated carbocycles. The summed E-state index contributed by atoms with van der Waals surface area (Å²) in [5, 5.41) is 12.3. The van der Waals surface area contributed by atoms with Crippen molar-refractivity contribution in [2.45, 2.75) is 12.1 Å². The van der Waals surface area contributed by atoms with Crippen LogP contribution in [0.15, 0.2) is 81.1 Å². The Labute approximate surface area is 200 Å². The van der Waals surface area contributed by atoms with Crippen LogP contribution in [0.25, 0.3) is 17.1 Å². The molecule has 6 nitrogen and oxygen atoms in total. The third-order valence-electron chi connectivity index (χ3n) is 4.37. The summed E-state index contributed by atoms with van der Waals surface area (Å²) >= 11 is 8.35. The summed E-state index contributed by atoms with van der Waals surface area (Å²) in [5.74, 6) is 0.748. The van der Waals surface area contributed by atoms with Crippen LogP contribution in [0.3, 0.4) is 0 Å². The molecule has 0 unspecified atom stereocenters. The van der Waals surface area contributed by atoms with Crippen LogP contribution >= 0.6 is 43.6 Å². The first-order valence-electron chi connectivity index (χ1n) is 9.32. The molecule has 1 amide bonds. The number of benzene rings is 2. The number of nitrogens with one attached hydrogen (secondary N) is 1. The van der Waals surface area contributed by atoms with E-state index < -0.39 is 0 Å². The lowest BCUT2D eigenvalue weighted by molar-refractivity contribution is -0.113. The van der Waals surface area contributed by atoms with Gasteiger partial charge in [-0.1, -0.05) is 30.0 Å². The number of para-hydroxylation sites is 1. The molecule has 0 aliphatic rings. The van der Waals surface area contributed by atoms with Crippen LogP contribution in [0.5, 0.6) is 0 Å². The first-order valence-corrected chi connectivity index (χ1v) is 11.9. The van der Waals surface area contributed by atoms with Gasteiger partial charge in [-0.3, -0.25) is 14.3 Å². The van der Waals surface area contributed by atoms with Crippen LogP contribution < -0.4 is 5.32 Å². The molecule has 0 saturated heterocycles. The molecule has 31 heavy (non-hydrogen) atoms. The van der Waals surface area contributed by atoms with Crippen molar-refractivity contribution >= 4 is 55.2 Å². The molecule has 2 heterocycles. The van der Waals surface area contributed by atoms with Crippen molar-refractivity contribution in [2.75, 3.05) is 11.1 Å². The van der Waals surface area contributed by atoms with Gasteiger partial charge in [0.2, 0.25) is 5.91 Å². The zero-order valence-corrected chi connectivity index (χ0v) is 20.4. The van der Waals surface area contributed by atoms with Crippen LogP contribution in [-0.4, -0.2) is 31.4 Å². The van der Waals surface area contributed by atoms with E-state index in [1.807, 2.05) is 66.1 Å². The van der Waals surface area contributed by atoms with Crippen LogP contribution in [-0.2, 0) is 4.79 Å². The third kappa shape index (κ3) is 5.06. The van der Waals surface area contributed by atoms with E-state index in [2.05, 4.69) is 52.4 Å². The Morgan fingerprint density at radius 2 is 1.71 bits per heavy atom. The van der Waals surface area contributed by atoms with Crippen molar-refractivity contribution in [1.29, 1.82) is 0 Å². The molecule has 2 aromatic carbocycles. The molecule has 156 valence electrons. The second kappa shape index (κ2) is 9.76. The first kappa shape index (κ1) is 21.7. The summed E-state index contributed by atoms with van der Waals surface area (Å²) in [7, 11) is 0. The average molecular weight is 559 g/mol. The molecule has 0 bridgehead atoms. The van der Waals surface area contributed by atoms with Gasteiger partial charge < -0.3 is 5.32 Å². The van der Waals surface area contributed by atoms with E-state index in [0.29, 0.717) is 16.7 Å². The summed E-state index contributed by atoms with van der Waals surface area (Å²) in [5.41, 5.74) is 3.62. The minimum absolute atomic E-state index is 0.136. The Bertz CT molecular complexity index is 1190. The molecule has 0 atom stereocenters. The number of aromatic nitrogens is 4. The predicted molar refractivity (Wildman–Crippen MR) is 131 cm³/mol. The van der Waals surface area contributed by atoms with Crippen molar-refractivity contribution < 1.29 is 4.79 Å². The lowest BCUT2D eigenvalue weighted by Crippen LogP contribution is -2.15. The molecular formula is C22H17Br2N5OS. The maximum atomic E-state index is 12.7. The second-order valence-electron chi connectivity index (χ2n) is 6.65. The lowest BCUT2D eigenvalue weighted by atomic mass is 10.2. The Kier molecular flexibility index (Phi) is 6.84. The van der Waals surface area contributed by atoms with Crippen molar-refractivity contribution in [3.8, 4) is 17.1 Å². The third-order valence-corrected chi connectivity index (χ3v) is 6.55. The van der Waals surface area contributed by atoms with Gasteiger partial charge >= 0.3 is 0 Å². The van der Waals surface area contributed by atoms with E-state index >= 15 is 0 Å². The van der Waals surface area contributed by atoms with Crippen LogP contribution in [0, 0.1) is 6.92 Å². The number of hydrogen-bond acceptors (Lipinski definition) is 5. The fourth-order valence-electron chi connectivity index (χ4n) is 2.99. The van der Waals surface area contributed by atoms with Crippen molar-refractivity contribution in [1.82, 2.24) is 19.7 Å². The summed E-state index contributed by atoms with van der Waals surface area (Å²) in [6.45, 7) is 1.99. The minimum Gasteiger partial charge on any atom is -0.323 e. The number of nitrogens with zero attached hydrogens (tertiary/aromatic N) is 4. The highest BCUT2D eigenvalue weighted by Crippen LogP contribution is 2.33. The van der Waals surface area contributed by atoms with Crippen molar-refractivity contribution in [3.05, 3.63) is 81.5 Å². The number of pyridine rings is 1. The van der Waals surface area contributed by atoms with Crippen LogP contribution in [0.4, 0.5) is 5.69 Å². The minimum atomic E-state index is -0.136. The van der Waals surface area contributed by atoms with E-state index in [-0.39, 0.29) is 11.7 Å². The highest BCUT2D eigenvalue weighted by molar-refractivity contribution is 9.11. The van der Waals surface area contributed by atoms with E-state index in [1.165, 1.54) is 11.8 Å². The maximum Gasteiger partial charge on any atom is 0.234 e. The molecule has 1 N–H and O–H groups in total. The van der Waals surface area contributed by atoms with Gasteiger partial charge in [0.1, 0.15) is 0 Å². The molecule has 2 aromatic heterocycles. The maximum absolute atomic E-state index is 12.7. The summed E-state index contributed by atoms with van der Waals surface area (Å²) in [4.78, 5) is 16.7. The molecular weight excluding hydrogens is 542 g/mol. The lowest BCUT2D eigenvalue weighted by Gasteiger charge is -2.12. The molecule has 0 aliphatic heterocycles. The van der Waals surface area contributed by atoms with Gasteiger partial charge in [0.15, 0.2) is 11.0 Å². The molecule has 4 rings (SSSR count). The number of anilines is 1. The number of amides is 1. The fraction of sp³-hybridized carbons (Fsp3) is 0.0909. The molecule has 0 fully saturated rings. The highest BCUT2D eigenvalue weighted by Gasteiger charge is 2.18. The Balaban J connectivity index is 1.58. The van der Waals surface area contributed by atoms with Gasteiger partial charge in [0, 0.05) is 32.6 Å². The summed E-state index contributed by atoms with van der Waals surface area (Å²) in [6, 6.07) is 17.5. The van der Waals surface area contributed by atoms with Gasteiger partial charge in [0.25, 0.3) is 0 Å². The Hall–Kier alpha value is -2.49. The van der Waals surface area contributed by atoms with Crippen LogP contribution in [0.1, 0.15) is 5.56 Å². The molecule has 0 radical (unpaired) electrons. The molecule has 4 aromatic rings. The summed E-state index contributed by atoms with van der Waals surface area (Å²) < 4.78 is 3.60. The topological polar surface area (TPSA) is 72.7 Å². The molecule has 0 spiro atoms. The van der Waals surface area contributed by atoms with Gasteiger partial charge in [-0.05, 0) is 80.7 Å². The largest absolute Gasteiger partial charge is 0.323 e. The number of thioether (sulfide) groups is 1. The fourth-order valence-corrected chi connectivity index (χ4v) is 5.35. The van der Waals surface area contributed by atoms with E-state index in [0.717, 1.165) is 25.8 Å². The zero-order chi connectivity index (χ0) is 21.8. The zero-order valence-electron chi connectivity index (χ0n) is 16.4. The van der Waals surface area contributed by atoms with E-state index in [4.69, 9.17) is 0 Å².